The third kappa shape index (κ3) is 9.76. The maximum atomic E-state index is 16.4. The highest BCUT2D eigenvalue weighted by atomic mass is 19.4. The smallest absolute Gasteiger partial charge is 0.411 e. The van der Waals surface area contributed by atoms with Crippen molar-refractivity contribution in [1.82, 2.24) is 29.7 Å². The van der Waals surface area contributed by atoms with Crippen LogP contribution in [0.5, 0.6) is 6.01 Å². The molecule has 304 valence electrons. The molecule has 16 heteroatoms. The highest BCUT2D eigenvalue weighted by molar-refractivity contribution is 6.01. The molecule has 0 unspecified atom stereocenters. The number of alkyl halides is 3. The summed E-state index contributed by atoms with van der Waals surface area (Å²) in [6, 6.07) is 10.3. The van der Waals surface area contributed by atoms with Gasteiger partial charge in [-0.25, -0.2) is 14.0 Å². The predicted octanol–water partition coefficient (Wildman–Crippen LogP) is 7.28. The van der Waals surface area contributed by atoms with Crippen molar-refractivity contribution in [3.8, 4) is 29.1 Å². The number of aromatic amines is 1. The zero-order valence-corrected chi connectivity index (χ0v) is 32.4. The molecule has 2 aromatic heterocycles. The Morgan fingerprint density at radius 2 is 1.72 bits per heavy atom. The molecular formula is C41H46F4N6O6. The minimum atomic E-state index is -4.70. The lowest BCUT2D eigenvalue weighted by Crippen LogP contribution is -2.43. The van der Waals surface area contributed by atoms with Gasteiger partial charge in [-0.1, -0.05) is 42.2 Å². The molecular weight excluding hydrogens is 748 g/mol. The van der Waals surface area contributed by atoms with Crippen LogP contribution < -0.4 is 10.3 Å². The molecule has 0 aliphatic carbocycles. The first-order valence-electron chi connectivity index (χ1n) is 19.0. The first-order chi connectivity index (χ1) is 27.1. The number of ether oxygens (including phenoxy) is 3. The van der Waals surface area contributed by atoms with Gasteiger partial charge < -0.3 is 19.1 Å². The van der Waals surface area contributed by atoms with Crippen LogP contribution in [0.3, 0.4) is 0 Å². The van der Waals surface area contributed by atoms with Crippen LogP contribution in [0.2, 0.25) is 0 Å². The monoisotopic (exact) mass is 794 g/mol. The number of fused-ring (bicyclic) bond motifs is 3. The number of aromatic nitrogens is 3. The number of rotatable bonds is 11. The van der Waals surface area contributed by atoms with E-state index in [0.29, 0.717) is 33.4 Å². The van der Waals surface area contributed by atoms with Crippen LogP contribution in [0.4, 0.5) is 27.2 Å². The van der Waals surface area contributed by atoms with Gasteiger partial charge in [-0.3, -0.25) is 24.6 Å². The number of halogens is 4. The average Bonchev–Trinajstić information content (AvgIpc) is 3.74. The lowest BCUT2D eigenvalue weighted by Gasteiger charge is -2.31. The SMILES string of the molecule is CCN(CCCN(CC(F)(F)F)C(=O)OCC#Cc1cccc2cccc(-c3ncc4c(=O)[nH]c(OCC56CCCN5CCC6)nc4c3F)c12)C(=O)OC(C)(C)C. The van der Waals surface area contributed by atoms with Gasteiger partial charge in [0.05, 0.1) is 10.9 Å². The molecule has 57 heavy (non-hydrogen) atoms. The summed E-state index contributed by atoms with van der Waals surface area (Å²) >= 11 is 0. The zero-order valence-electron chi connectivity index (χ0n) is 32.4. The lowest BCUT2D eigenvalue weighted by atomic mass is 9.95. The van der Waals surface area contributed by atoms with Crippen molar-refractivity contribution >= 4 is 33.9 Å². The molecule has 4 heterocycles. The lowest BCUT2D eigenvalue weighted by molar-refractivity contribution is -0.142. The summed E-state index contributed by atoms with van der Waals surface area (Å²) in [5.74, 6) is 4.77. The molecule has 0 spiro atoms. The van der Waals surface area contributed by atoms with E-state index in [1.807, 2.05) is 0 Å². The molecule has 2 fully saturated rings. The van der Waals surface area contributed by atoms with Crippen molar-refractivity contribution in [2.24, 2.45) is 0 Å². The minimum absolute atomic E-state index is 0.0414. The van der Waals surface area contributed by atoms with Crippen molar-refractivity contribution in [3.63, 3.8) is 0 Å². The van der Waals surface area contributed by atoms with Crippen molar-refractivity contribution in [3.05, 3.63) is 64.3 Å². The summed E-state index contributed by atoms with van der Waals surface area (Å²) in [7, 11) is 0. The average molecular weight is 795 g/mol. The van der Waals surface area contributed by atoms with E-state index in [1.165, 1.54) is 11.1 Å². The number of hydrogen-bond acceptors (Lipinski definition) is 9. The molecule has 12 nitrogen and oxygen atoms in total. The standard InChI is InChI=1S/C41H46F4N6O6/c1-5-49(38(54)57-39(2,3)4)19-11-20-50(25-41(43,44)45)37(53)55-23-8-15-28-13-6-12-27-14-7-16-29(31(27)28)33-32(42)34-30(24-46-33)35(52)48-36(47-34)56-26-40-17-9-21-51(40)22-10-18-40/h6-7,12-14,16,24H,5,9-11,17-23,25-26H2,1-4H3,(H,47,48,52). The molecule has 4 aromatic rings. The second-order valence-corrected chi connectivity index (χ2v) is 15.3. The van der Waals surface area contributed by atoms with Gasteiger partial charge in [-0.15, -0.1) is 0 Å². The summed E-state index contributed by atoms with van der Waals surface area (Å²) in [4.78, 5) is 53.9. The molecule has 6 rings (SSSR count). The molecule has 1 N–H and O–H groups in total. The van der Waals surface area contributed by atoms with Gasteiger partial charge in [0.2, 0.25) is 0 Å². The first kappa shape index (κ1) is 41.2. The van der Waals surface area contributed by atoms with Gasteiger partial charge in [0.15, 0.2) is 12.4 Å². The number of benzene rings is 2. The molecule has 2 aliphatic heterocycles. The van der Waals surface area contributed by atoms with Crippen molar-refractivity contribution in [1.29, 1.82) is 0 Å². The van der Waals surface area contributed by atoms with Crippen molar-refractivity contribution < 1.29 is 41.4 Å². The Morgan fingerprint density at radius 3 is 2.40 bits per heavy atom. The van der Waals surface area contributed by atoms with Crippen molar-refractivity contribution in [2.75, 3.05) is 52.5 Å². The van der Waals surface area contributed by atoms with Crippen LogP contribution in [0.25, 0.3) is 32.9 Å². The second-order valence-electron chi connectivity index (χ2n) is 15.3. The third-order valence-corrected chi connectivity index (χ3v) is 10.1. The van der Waals surface area contributed by atoms with Gasteiger partial charge in [0.1, 0.15) is 30.0 Å². The van der Waals surface area contributed by atoms with E-state index < -0.39 is 48.5 Å². The van der Waals surface area contributed by atoms with E-state index in [1.54, 1.807) is 64.1 Å². The number of nitrogens with zero attached hydrogens (tertiary/aromatic N) is 5. The maximum Gasteiger partial charge on any atom is 0.411 e. The fourth-order valence-corrected chi connectivity index (χ4v) is 7.54. The van der Waals surface area contributed by atoms with Crippen LogP contribution >= 0.6 is 0 Å². The van der Waals surface area contributed by atoms with Gasteiger partial charge in [-0.2, -0.15) is 18.2 Å². The molecule has 0 radical (unpaired) electrons. The Balaban J connectivity index is 1.19. The van der Waals surface area contributed by atoms with E-state index in [-0.39, 0.29) is 54.2 Å². The topological polar surface area (TPSA) is 130 Å². The third-order valence-electron chi connectivity index (χ3n) is 10.1. The van der Waals surface area contributed by atoms with Gasteiger partial charge in [0, 0.05) is 42.3 Å². The summed E-state index contributed by atoms with van der Waals surface area (Å²) < 4.78 is 73.2. The van der Waals surface area contributed by atoms with Gasteiger partial charge in [-0.05, 0) is 84.3 Å². The number of amides is 2. The molecule has 2 aromatic carbocycles. The predicted molar refractivity (Wildman–Crippen MR) is 205 cm³/mol. The number of nitrogens with one attached hydrogen (secondary N) is 1. The van der Waals surface area contributed by atoms with Crippen LogP contribution in [0, 0.1) is 17.7 Å². The van der Waals surface area contributed by atoms with E-state index in [4.69, 9.17) is 14.2 Å². The van der Waals surface area contributed by atoms with Crippen LogP contribution in [-0.4, -0.2) is 112 Å². The fourth-order valence-electron chi connectivity index (χ4n) is 7.54. The Hall–Kier alpha value is -5.43. The Labute approximate surface area is 327 Å². The highest BCUT2D eigenvalue weighted by Gasteiger charge is 2.45. The molecule has 2 aliphatic rings. The first-order valence-corrected chi connectivity index (χ1v) is 19.0. The minimum Gasteiger partial charge on any atom is -0.463 e. The van der Waals surface area contributed by atoms with Crippen molar-refractivity contribution in [2.45, 2.75) is 77.1 Å². The normalized spacial score (nSPS) is 15.2. The van der Waals surface area contributed by atoms with E-state index >= 15 is 4.39 Å². The molecule has 0 saturated carbocycles. The summed E-state index contributed by atoms with van der Waals surface area (Å²) in [5.41, 5.74) is -0.961. The summed E-state index contributed by atoms with van der Waals surface area (Å²) in [6.45, 7) is 7.04. The number of pyridine rings is 1. The fraction of sp³-hybridized carbons (Fsp3) is 0.488. The second kappa shape index (κ2) is 17.0. The number of hydrogen-bond donors (Lipinski definition) is 1. The van der Waals surface area contributed by atoms with E-state index in [2.05, 4.69) is 31.7 Å². The Bertz CT molecular complexity index is 2230. The van der Waals surface area contributed by atoms with Crippen LogP contribution in [0.15, 0.2) is 47.4 Å². The van der Waals surface area contributed by atoms with E-state index in [9.17, 15) is 27.6 Å². The molecule has 2 saturated heterocycles. The number of H-pyrrole nitrogens is 1. The zero-order chi connectivity index (χ0) is 41.0. The summed E-state index contributed by atoms with van der Waals surface area (Å²) in [6.07, 6.45) is -1.14. The van der Waals surface area contributed by atoms with Gasteiger partial charge in [0.25, 0.3) is 11.6 Å². The quantitative estimate of drug-likeness (QED) is 0.123. The molecule has 0 atom stereocenters. The highest BCUT2D eigenvalue weighted by Crippen LogP contribution is 2.39. The number of carbonyl (C=O) groups is 2. The van der Waals surface area contributed by atoms with Crippen LogP contribution in [0.1, 0.15) is 65.4 Å². The molecule has 0 bridgehead atoms. The van der Waals surface area contributed by atoms with E-state index in [0.717, 1.165) is 38.8 Å². The maximum absolute atomic E-state index is 16.4. The number of carbonyl (C=O) groups excluding carboxylic acids is 2. The van der Waals surface area contributed by atoms with Gasteiger partial charge >= 0.3 is 18.4 Å². The Kier molecular flexibility index (Phi) is 12.3. The van der Waals surface area contributed by atoms with Crippen LogP contribution in [-0.2, 0) is 9.47 Å². The summed E-state index contributed by atoms with van der Waals surface area (Å²) in [5, 5.41) is 1.15. The molecule has 2 amide bonds. The Morgan fingerprint density at radius 1 is 1.02 bits per heavy atom. The largest absolute Gasteiger partial charge is 0.463 e.